The first-order valence-electron chi connectivity index (χ1n) is 11.6. The number of ketones is 1. The summed E-state index contributed by atoms with van der Waals surface area (Å²) in [6, 6.07) is 1.82. The quantitative estimate of drug-likeness (QED) is 0.490. The van der Waals surface area contributed by atoms with Crippen molar-refractivity contribution in [3.63, 3.8) is 0 Å². The number of hydrogen-bond acceptors (Lipinski definition) is 7. The van der Waals surface area contributed by atoms with E-state index in [0.717, 1.165) is 67.9 Å². The highest BCUT2D eigenvalue weighted by molar-refractivity contribution is 7.13. The lowest BCUT2D eigenvalue weighted by atomic mass is 9.78. The summed E-state index contributed by atoms with van der Waals surface area (Å²) >= 11 is 1.23. The van der Waals surface area contributed by atoms with E-state index >= 15 is 0 Å². The average Bonchev–Trinajstić information content (AvgIpc) is 3.36. The molecule has 33 heavy (non-hydrogen) atoms. The Labute approximate surface area is 195 Å². The van der Waals surface area contributed by atoms with Crippen LogP contribution in [0, 0.1) is 18.8 Å². The number of carbonyl (C=O) groups excluding carboxylic acids is 1. The molecule has 0 aromatic carbocycles. The number of fused-ring (bicyclic) bond motifs is 1. The molecular weight excluding hydrogens is 455 g/mol. The molecule has 2 aliphatic rings. The number of ether oxygens (including phenoxy) is 1. The molecule has 0 atom stereocenters. The Kier molecular flexibility index (Phi) is 7.73. The first kappa shape index (κ1) is 24.2. The predicted molar refractivity (Wildman–Crippen MR) is 117 cm³/mol. The van der Waals surface area contributed by atoms with Gasteiger partial charge in [-0.1, -0.05) is 29.3 Å². The van der Waals surface area contributed by atoms with Gasteiger partial charge in [0.2, 0.25) is 0 Å². The Morgan fingerprint density at radius 2 is 2.03 bits per heavy atom. The van der Waals surface area contributed by atoms with Gasteiger partial charge in [-0.15, -0.1) is 0 Å². The molecule has 0 amide bonds. The van der Waals surface area contributed by atoms with Crippen molar-refractivity contribution in [3.8, 4) is 5.19 Å². The molecule has 0 saturated heterocycles. The zero-order valence-electron chi connectivity index (χ0n) is 18.8. The maximum Gasteiger partial charge on any atom is 0.422 e. The second-order valence-electron chi connectivity index (χ2n) is 9.31. The first-order valence-corrected chi connectivity index (χ1v) is 12.4. The number of nitrogens with zero attached hydrogens (tertiary/aromatic N) is 3. The Bertz CT molecular complexity index is 935. The van der Waals surface area contributed by atoms with Crippen LogP contribution in [0.5, 0.6) is 5.19 Å². The lowest BCUT2D eigenvalue weighted by Crippen LogP contribution is -2.32. The van der Waals surface area contributed by atoms with Gasteiger partial charge in [-0.2, -0.15) is 13.2 Å². The van der Waals surface area contributed by atoms with E-state index < -0.39 is 12.8 Å². The van der Waals surface area contributed by atoms with Crippen LogP contribution in [-0.2, 0) is 24.2 Å². The fourth-order valence-electron chi connectivity index (χ4n) is 4.80. The van der Waals surface area contributed by atoms with Gasteiger partial charge < -0.3 is 9.26 Å². The van der Waals surface area contributed by atoms with Crippen molar-refractivity contribution in [2.75, 3.05) is 19.7 Å². The fourth-order valence-corrected chi connectivity index (χ4v) is 5.71. The molecule has 4 rings (SSSR count). The van der Waals surface area contributed by atoms with Crippen LogP contribution in [0.3, 0.4) is 0 Å². The van der Waals surface area contributed by atoms with E-state index in [4.69, 9.17) is 9.26 Å². The molecular formula is C23H30F3N3O3S. The third-order valence-corrected chi connectivity index (χ3v) is 7.60. The molecule has 2 aromatic rings. The summed E-state index contributed by atoms with van der Waals surface area (Å²) in [6.07, 6.45) is 2.97. The van der Waals surface area contributed by atoms with Crippen LogP contribution in [0.4, 0.5) is 13.2 Å². The number of Topliss-reactive ketones (excluding diaryl/α,β-unsaturated/α-hetero) is 1. The number of rotatable bonds is 9. The second-order valence-corrected chi connectivity index (χ2v) is 10.4. The average molecular weight is 486 g/mol. The van der Waals surface area contributed by atoms with E-state index in [9.17, 15) is 18.0 Å². The summed E-state index contributed by atoms with van der Waals surface area (Å²) < 4.78 is 47.0. The molecule has 182 valence electrons. The van der Waals surface area contributed by atoms with E-state index in [-0.39, 0.29) is 11.0 Å². The zero-order valence-corrected chi connectivity index (χ0v) is 19.6. The maximum atomic E-state index is 12.4. The molecule has 0 radical (unpaired) electrons. The smallest absolute Gasteiger partial charge is 0.422 e. The Morgan fingerprint density at radius 1 is 1.27 bits per heavy atom. The van der Waals surface area contributed by atoms with Crippen molar-refractivity contribution in [1.29, 1.82) is 0 Å². The molecule has 2 aromatic heterocycles. The number of alkyl halides is 3. The number of carbonyl (C=O) groups is 1. The summed E-state index contributed by atoms with van der Waals surface area (Å²) in [5.74, 6) is 1.99. The predicted octanol–water partition coefficient (Wildman–Crippen LogP) is 5.14. The highest BCUT2D eigenvalue weighted by atomic mass is 32.1. The van der Waals surface area contributed by atoms with Crippen molar-refractivity contribution in [2.45, 2.75) is 71.0 Å². The van der Waals surface area contributed by atoms with Gasteiger partial charge in [-0.3, -0.25) is 9.69 Å². The van der Waals surface area contributed by atoms with E-state index in [1.54, 1.807) is 0 Å². The van der Waals surface area contributed by atoms with Gasteiger partial charge in [0.1, 0.15) is 11.5 Å². The highest BCUT2D eigenvalue weighted by Crippen LogP contribution is 2.34. The normalized spacial score (nSPS) is 21.7. The molecule has 0 N–H and O–H groups in total. The van der Waals surface area contributed by atoms with Crippen LogP contribution in [0.15, 0.2) is 10.6 Å². The molecule has 1 aliphatic carbocycles. The molecule has 1 aliphatic heterocycles. The Hall–Kier alpha value is -1.94. The number of halogens is 3. The third-order valence-electron chi connectivity index (χ3n) is 6.53. The Balaban J connectivity index is 1.15. The van der Waals surface area contributed by atoms with E-state index in [1.165, 1.54) is 11.3 Å². The lowest BCUT2D eigenvalue weighted by Gasteiger charge is -2.31. The van der Waals surface area contributed by atoms with Crippen LogP contribution < -0.4 is 4.74 Å². The van der Waals surface area contributed by atoms with Crippen LogP contribution in [-0.4, -0.2) is 46.7 Å². The van der Waals surface area contributed by atoms with Crippen LogP contribution in [0.25, 0.3) is 0 Å². The van der Waals surface area contributed by atoms with Crippen molar-refractivity contribution < 1.29 is 27.2 Å². The number of aromatic nitrogens is 2. The van der Waals surface area contributed by atoms with E-state index in [1.807, 2.05) is 13.0 Å². The monoisotopic (exact) mass is 485 g/mol. The SMILES string of the molecule is Cc1cc(CC(=O)CC2CCC(CCN3CCc4sc(OCC(F)(F)F)nc4C3)CC2)on1. The first-order chi connectivity index (χ1) is 15.7. The Morgan fingerprint density at radius 3 is 2.73 bits per heavy atom. The summed E-state index contributed by atoms with van der Waals surface area (Å²) in [4.78, 5) is 20.0. The van der Waals surface area contributed by atoms with E-state index in [0.29, 0.717) is 37.0 Å². The standard InChI is InChI=1S/C23H30F3N3O3S/c1-15-10-19(32-28-15)12-18(30)11-17-4-2-16(3-5-17)6-8-29-9-7-21-20(13-29)27-22(33-21)31-14-23(24,25)26/h10,16-17H,2-9,11-14H2,1H3. The van der Waals surface area contributed by atoms with Gasteiger partial charge in [0, 0.05) is 30.5 Å². The van der Waals surface area contributed by atoms with Gasteiger partial charge in [-0.25, -0.2) is 4.98 Å². The molecule has 3 heterocycles. The van der Waals surface area contributed by atoms with Crippen LogP contribution in [0.2, 0.25) is 0 Å². The van der Waals surface area contributed by atoms with Gasteiger partial charge in [-0.05, 0) is 51.0 Å². The lowest BCUT2D eigenvalue weighted by molar-refractivity contribution is -0.153. The molecule has 0 unspecified atom stereocenters. The molecule has 1 fully saturated rings. The summed E-state index contributed by atoms with van der Waals surface area (Å²) in [7, 11) is 0. The molecule has 0 bridgehead atoms. The highest BCUT2D eigenvalue weighted by Gasteiger charge is 2.30. The van der Waals surface area contributed by atoms with Gasteiger partial charge >= 0.3 is 6.18 Å². The minimum absolute atomic E-state index is 0.116. The summed E-state index contributed by atoms with van der Waals surface area (Å²) in [5, 5.41) is 3.95. The fraction of sp³-hybridized carbons (Fsp3) is 0.696. The topological polar surface area (TPSA) is 68.5 Å². The minimum Gasteiger partial charge on any atom is -0.460 e. The van der Waals surface area contributed by atoms with Crippen molar-refractivity contribution in [3.05, 3.63) is 28.1 Å². The molecule has 0 spiro atoms. The summed E-state index contributed by atoms with van der Waals surface area (Å²) in [6.45, 7) is 3.10. The van der Waals surface area contributed by atoms with Crippen LogP contribution in [0.1, 0.15) is 60.6 Å². The second kappa shape index (κ2) is 10.5. The molecule has 6 nitrogen and oxygen atoms in total. The summed E-state index contributed by atoms with van der Waals surface area (Å²) in [5.41, 5.74) is 1.65. The number of aryl methyl sites for hydroxylation is 1. The van der Waals surface area contributed by atoms with Gasteiger partial charge in [0.05, 0.1) is 17.8 Å². The van der Waals surface area contributed by atoms with Crippen molar-refractivity contribution in [2.24, 2.45) is 11.8 Å². The molecule has 10 heteroatoms. The minimum atomic E-state index is -4.35. The van der Waals surface area contributed by atoms with Crippen molar-refractivity contribution in [1.82, 2.24) is 15.0 Å². The van der Waals surface area contributed by atoms with Crippen molar-refractivity contribution >= 4 is 17.1 Å². The molecule has 1 saturated carbocycles. The maximum absolute atomic E-state index is 12.4. The zero-order chi connectivity index (χ0) is 23.4. The van der Waals surface area contributed by atoms with Gasteiger partial charge in [0.15, 0.2) is 6.61 Å². The van der Waals surface area contributed by atoms with Crippen LogP contribution >= 0.6 is 11.3 Å². The number of thiazole rings is 1. The third kappa shape index (κ3) is 7.27. The van der Waals surface area contributed by atoms with E-state index in [2.05, 4.69) is 15.0 Å². The number of hydrogen-bond donors (Lipinski definition) is 0. The largest absolute Gasteiger partial charge is 0.460 e. The van der Waals surface area contributed by atoms with Gasteiger partial charge in [0.25, 0.3) is 5.19 Å².